The number of piperidine rings is 1. The van der Waals surface area contributed by atoms with E-state index in [0.717, 1.165) is 55.6 Å². The minimum Gasteiger partial charge on any atom is -0.452 e. The molecule has 3 rings (SSSR count). The highest BCUT2D eigenvalue weighted by Gasteiger charge is 2.32. The number of anilines is 1. The summed E-state index contributed by atoms with van der Waals surface area (Å²) in [5, 5.41) is 3.38. The second kappa shape index (κ2) is 7.56. The molecule has 1 aliphatic heterocycles. The van der Waals surface area contributed by atoms with E-state index in [1.54, 1.807) is 4.90 Å². The van der Waals surface area contributed by atoms with Crippen LogP contribution >= 0.6 is 11.3 Å². The van der Waals surface area contributed by atoms with Gasteiger partial charge in [0.1, 0.15) is 5.00 Å². The third kappa shape index (κ3) is 4.21. The number of nitrogens with one attached hydrogen (secondary N) is 1. The lowest BCUT2D eigenvalue weighted by Gasteiger charge is -2.26. The summed E-state index contributed by atoms with van der Waals surface area (Å²) in [6.45, 7) is 4.96. The number of hydrogen-bond acceptors (Lipinski definition) is 5. The maximum atomic E-state index is 12.5. The Labute approximate surface area is 151 Å². The minimum absolute atomic E-state index is 0.0420. The molecular formula is C18H24N2O4S. The highest BCUT2D eigenvalue weighted by Crippen LogP contribution is 2.36. The second-order valence-electron chi connectivity index (χ2n) is 6.77. The van der Waals surface area contributed by atoms with Crippen molar-refractivity contribution in [2.45, 2.75) is 46.0 Å². The third-order valence-corrected chi connectivity index (χ3v) is 5.93. The van der Waals surface area contributed by atoms with Gasteiger partial charge >= 0.3 is 5.97 Å². The lowest BCUT2D eigenvalue weighted by molar-refractivity contribution is -0.135. The molecule has 2 fully saturated rings. The Morgan fingerprint density at radius 1 is 1.16 bits per heavy atom. The van der Waals surface area contributed by atoms with E-state index in [4.69, 9.17) is 4.74 Å². The fraction of sp³-hybridized carbons (Fsp3) is 0.611. The van der Waals surface area contributed by atoms with E-state index in [2.05, 4.69) is 5.32 Å². The average molecular weight is 364 g/mol. The van der Waals surface area contributed by atoms with E-state index in [0.29, 0.717) is 10.6 Å². The van der Waals surface area contributed by atoms with E-state index in [-0.39, 0.29) is 24.3 Å². The first-order valence-corrected chi connectivity index (χ1v) is 9.64. The Kier molecular flexibility index (Phi) is 5.42. The molecule has 1 aromatic rings. The van der Waals surface area contributed by atoms with Gasteiger partial charge in [0, 0.05) is 23.9 Å². The maximum Gasteiger partial charge on any atom is 0.341 e. The fourth-order valence-corrected chi connectivity index (χ4v) is 4.01. The first-order valence-electron chi connectivity index (χ1n) is 8.83. The molecule has 0 radical (unpaired) electrons. The molecule has 25 heavy (non-hydrogen) atoms. The van der Waals surface area contributed by atoms with Gasteiger partial charge in [-0.2, -0.15) is 0 Å². The van der Waals surface area contributed by atoms with Crippen LogP contribution in [-0.2, 0) is 14.3 Å². The highest BCUT2D eigenvalue weighted by atomic mass is 32.1. The van der Waals surface area contributed by atoms with Crippen LogP contribution in [0, 0.1) is 19.8 Å². The zero-order valence-electron chi connectivity index (χ0n) is 14.7. The Balaban J connectivity index is 1.64. The average Bonchev–Trinajstić information content (AvgIpc) is 3.41. The predicted molar refractivity (Wildman–Crippen MR) is 95.9 cm³/mol. The van der Waals surface area contributed by atoms with Crippen molar-refractivity contribution in [1.29, 1.82) is 0 Å². The molecule has 0 unspecified atom stereocenters. The van der Waals surface area contributed by atoms with Crippen molar-refractivity contribution in [3.63, 3.8) is 0 Å². The molecule has 1 saturated heterocycles. The second-order valence-corrected chi connectivity index (χ2v) is 7.99. The van der Waals surface area contributed by atoms with Crippen LogP contribution in [0.3, 0.4) is 0 Å². The van der Waals surface area contributed by atoms with Gasteiger partial charge in [-0.1, -0.05) is 0 Å². The van der Waals surface area contributed by atoms with Crippen LogP contribution in [0.4, 0.5) is 5.00 Å². The number of ether oxygens (including phenoxy) is 1. The number of aryl methyl sites for hydroxylation is 1. The summed E-state index contributed by atoms with van der Waals surface area (Å²) in [7, 11) is 0. The van der Waals surface area contributed by atoms with Crippen molar-refractivity contribution < 1.29 is 19.1 Å². The van der Waals surface area contributed by atoms with Crippen LogP contribution in [0.2, 0.25) is 0 Å². The number of nitrogens with zero attached hydrogens (tertiary/aromatic N) is 1. The summed E-state index contributed by atoms with van der Waals surface area (Å²) < 4.78 is 5.26. The van der Waals surface area contributed by atoms with Gasteiger partial charge in [-0.3, -0.25) is 9.59 Å². The molecule has 0 bridgehead atoms. The molecule has 1 aliphatic carbocycles. The molecule has 6 nitrogen and oxygen atoms in total. The predicted octanol–water partition coefficient (Wildman–Crippen LogP) is 2.88. The van der Waals surface area contributed by atoms with Gasteiger partial charge in [0.05, 0.1) is 5.56 Å². The lowest BCUT2D eigenvalue weighted by atomic mass is 10.1. The number of esters is 1. The first-order chi connectivity index (χ1) is 12.0. The minimum atomic E-state index is -0.543. The number of thiophene rings is 1. The van der Waals surface area contributed by atoms with Crippen LogP contribution in [0.15, 0.2) is 0 Å². The Hall–Kier alpha value is -1.89. The zero-order chi connectivity index (χ0) is 18.0. The van der Waals surface area contributed by atoms with Crippen LogP contribution < -0.4 is 5.32 Å². The van der Waals surface area contributed by atoms with Gasteiger partial charge in [-0.25, -0.2) is 4.79 Å². The number of carbonyl (C=O) groups is 3. The molecule has 2 aliphatic rings. The Bertz CT molecular complexity index is 687. The summed E-state index contributed by atoms with van der Waals surface area (Å²) >= 11 is 1.38. The number of likely N-dealkylation sites (tertiary alicyclic amines) is 1. The summed E-state index contributed by atoms with van der Waals surface area (Å²) in [5.74, 6) is -0.675. The number of amides is 2. The Morgan fingerprint density at radius 2 is 1.84 bits per heavy atom. The number of carbonyl (C=O) groups excluding carboxylic acids is 3. The summed E-state index contributed by atoms with van der Waals surface area (Å²) in [5.41, 5.74) is 1.18. The van der Waals surface area contributed by atoms with Gasteiger partial charge in [0.15, 0.2) is 6.61 Å². The molecular weight excluding hydrogens is 340 g/mol. The first kappa shape index (κ1) is 17.9. The largest absolute Gasteiger partial charge is 0.452 e. The van der Waals surface area contributed by atoms with Crippen LogP contribution in [-0.4, -0.2) is 42.4 Å². The summed E-state index contributed by atoms with van der Waals surface area (Å²) in [4.78, 5) is 39.4. The molecule has 2 amide bonds. The van der Waals surface area contributed by atoms with Gasteiger partial charge in [0.2, 0.25) is 5.91 Å². The third-order valence-electron chi connectivity index (χ3n) is 4.81. The van der Waals surface area contributed by atoms with Crippen LogP contribution in [0.25, 0.3) is 0 Å². The van der Waals surface area contributed by atoms with E-state index in [1.165, 1.54) is 11.3 Å². The summed E-state index contributed by atoms with van der Waals surface area (Å²) in [6, 6.07) is 0. The standard InChI is InChI=1S/C18H24N2O4S/c1-11-12(2)25-17(19-16(22)13-6-7-13)15(11)18(23)24-10-14(21)20-8-4-3-5-9-20/h13H,3-10H2,1-2H3,(H,19,22). The van der Waals surface area contributed by atoms with Crippen LogP contribution in [0.5, 0.6) is 0 Å². The van der Waals surface area contributed by atoms with E-state index in [9.17, 15) is 14.4 Å². The molecule has 2 heterocycles. The van der Waals surface area contributed by atoms with Gasteiger partial charge in [0.25, 0.3) is 5.91 Å². The van der Waals surface area contributed by atoms with Crippen molar-refractivity contribution in [2.24, 2.45) is 5.92 Å². The van der Waals surface area contributed by atoms with Crippen molar-refractivity contribution in [3.8, 4) is 0 Å². The summed E-state index contributed by atoms with van der Waals surface area (Å²) in [6.07, 6.45) is 4.94. The molecule has 7 heteroatoms. The monoisotopic (exact) mass is 364 g/mol. The molecule has 1 aromatic heterocycles. The van der Waals surface area contributed by atoms with E-state index >= 15 is 0 Å². The quantitative estimate of drug-likeness (QED) is 0.815. The lowest BCUT2D eigenvalue weighted by Crippen LogP contribution is -2.38. The Morgan fingerprint density at radius 3 is 2.48 bits per heavy atom. The van der Waals surface area contributed by atoms with Crippen molar-refractivity contribution in [3.05, 3.63) is 16.0 Å². The van der Waals surface area contributed by atoms with Crippen molar-refractivity contribution >= 4 is 34.1 Å². The SMILES string of the molecule is Cc1sc(NC(=O)C2CC2)c(C(=O)OCC(=O)N2CCCCC2)c1C. The molecule has 136 valence electrons. The fourth-order valence-electron chi connectivity index (χ4n) is 2.95. The van der Waals surface area contributed by atoms with Gasteiger partial charge < -0.3 is 15.0 Å². The molecule has 0 atom stereocenters. The van der Waals surface area contributed by atoms with Crippen LogP contribution in [0.1, 0.15) is 52.9 Å². The normalized spacial score (nSPS) is 17.3. The topological polar surface area (TPSA) is 75.7 Å². The molecule has 0 spiro atoms. The zero-order valence-corrected chi connectivity index (χ0v) is 15.5. The molecule has 0 aromatic carbocycles. The maximum absolute atomic E-state index is 12.5. The smallest absolute Gasteiger partial charge is 0.341 e. The highest BCUT2D eigenvalue weighted by molar-refractivity contribution is 7.16. The van der Waals surface area contributed by atoms with E-state index < -0.39 is 5.97 Å². The molecule has 1 N–H and O–H groups in total. The number of hydrogen-bond donors (Lipinski definition) is 1. The van der Waals surface area contributed by atoms with Gasteiger partial charge in [-0.05, 0) is 51.5 Å². The van der Waals surface area contributed by atoms with Crippen molar-refractivity contribution in [1.82, 2.24) is 4.90 Å². The van der Waals surface area contributed by atoms with Crippen molar-refractivity contribution in [2.75, 3.05) is 25.0 Å². The van der Waals surface area contributed by atoms with E-state index in [1.807, 2.05) is 13.8 Å². The van der Waals surface area contributed by atoms with Gasteiger partial charge in [-0.15, -0.1) is 11.3 Å². The number of rotatable bonds is 5. The molecule has 1 saturated carbocycles.